The van der Waals surface area contributed by atoms with Crippen molar-refractivity contribution < 1.29 is 4.74 Å². The fourth-order valence-corrected chi connectivity index (χ4v) is 1.87. The summed E-state index contributed by atoms with van der Waals surface area (Å²) < 4.78 is 5.62. The topological polar surface area (TPSA) is 21.3 Å². The van der Waals surface area contributed by atoms with Crippen LogP contribution in [0.3, 0.4) is 0 Å². The molecule has 86 valence electrons. The van der Waals surface area contributed by atoms with Gasteiger partial charge in [-0.05, 0) is 37.9 Å². The van der Waals surface area contributed by atoms with Gasteiger partial charge in [0.05, 0.1) is 6.61 Å². The van der Waals surface area contributed by atoms with E-state index in [1.54, 1.807) is 0 Å². The van der Waals surface area contributed by atoms with E-state index in [1.807, 2.05) is 30.3 Å². The van der Waals surface area contributed by atoms with Crippen LogP contribution in [-0.4, -0.2) is 19.2 Å². The fraction of sp³-hybridized carbons (Fsp3) is 0.429. The largest absolute Gasteiger partial charge is 0.494 e. The molecule has 1 N–H and O–H groups in total. The second-order valence-electron chi connectivity index (χ2n) is 4.11. The molecule has 0 atom stereocenters. The summed E-state index contributed by atoms with van der Waals surface area (Å²) in [5.41, 5.74) is 0. The number of ether oxygens (including phenoxy) is 1. The zero-order valence-electron chi connectivity index (χ0n) is 9.56. The molecule has 0 amide bonds. The van der Waals surface area contributed by atoms with Crippen molar-refractivity contribution in [3.8, 4) is 5.75 Å². The third-order valence-corrected chi connectivity index (χ3v) is 2.77. The zero-order valence-corrected chi connectivity index (χ0v) is 9.56. The van der Waals surface area contributed by atoms with E-state index in [0.29, 0.717) is 6.04 Å². The lowest BCUT2D eigenvalue weighted by molar-refractivity contribution is 0.305. The molecule has 0 saturated heterocycles. The molecule has 1 aromatic rings. The first-order valence-electron chi connectivity index (χ1n) is 6.01. The molecule has 0 fully saturated rings. The summed E-state index contributed by atoms with van der Waals surface area (Å²) in [6.45, 7) is 1.83. The predicted octanol–water partition coefficient (Wildman–Crippen LogP) is 2.76. The van der Waals surface area contributed by atoms with Gasteiger partial charge < -0.3 is 10.1 Å². The summed E-state index contributed by atoms with van der Waals surface area (Å²) in [7, 11) is 0. The Balaban J connectivity index is 1.52. The Labute approximate surface area is 97.3 Å². The minimum absolute atomic E-state index is 0.664. The van der Waals surface area contributed by atoms with Crippen molar-refractivity contribution in [1.82, 2.24) is 5.32 Å². The summed E-state index contributed by atoms with van der Waals surface area (Å²) >= 11 is 0. The van der Waals surface area contributed by atoms with Crippen LogP contribution in [0.4, 0.5) is 0 Å². The van der Waals surface area contributed by atoms with Gasteiger partial charge in [0.1, 0.15) is 5.75 Å². The van der Waals surface area contributed by atoms with Gasteiger partial charge in [-0.15, -0.1) is 0 Å². The van der Waals surface area contributed by atoms with E-state index in [-0.39, 0.29) is 0 Å². The molecule has 2 rings (SSSR count). The molecule has 1 aliphatic carbocycles. The lowest BCUT2D eigenvalue weighted by atomic mass is 10.2. The highest BCUT2D eigenvalue weighted by Crippen LogP contribution is 2.10. The van der Waals surface area contributed by atoms with Crippen molar-refractivity contribution in [2.45, 2.75) is 25.3 Å². The normalized spacial score (nSPS) is 15.5. The maximum absolute atomic E-state index is 5.62. The molecule has 0 unspecified atom stereocenters. The van der Waals surface area contributed by atoms with Crippen molar-refractivity contribution in [3.63, 3.8) is 0 Å². The van der Waals surface area contributed by atoms with Crippen molar-refractivity contribution in [2.24, 2.45) is 0 Å². The smallest absolute Gasteiger partial charge is 0.119 e. The minimum atomic E-state index is 0.664. The summed E-state index contributed by atoms with van der Waals surface area (Å²) in [4.78, 5) is 0. The van der Waals surface area contributed by atoms with Gasteiger partial charge >= 0.3 is 0 Å². The second kappa shape index (κ2) is 6.33. The first-order chi connectivity index (χ1) is 7.95. The van der Waals surface area contributed by atoms with Crippen molar-refractivity contribution in [1.29, 1.82) is 0 Å². The van der Waals surface area contributed by atoms with Crippen LogP contribution in [0, 0.1) is 0 Å². The monoisotopic (exact) mass is 217 g/mol. The third kappa shape index (κ3) is 3.70. The number of rotatable bonds is 6. The van der Waals surface area contributed by atoms with Gasteiger partial charge in [-0.3, -0.25) is 0 Å². The van der Waals surface area contributed by atoms with Crippen LogP contribution in [-0.2, 0) is 0 Å². The molecular formula is C14H19NO. The van der Waals surface area contributed by atoms with Crippen LogP contribution in [0.1, 0.15) is 19.3 Å². The number of hydrogen-bond acceptors (Lipinski definition) is 2. The maximum Gasteiger partial charge on any atom is 0.119 e. The highest BCUT2D eigenvalue weighted by atomic mass is 16.5. The second-order valence-corrected chi connectivity index (χ2v) is 4.11. The van der Waals surface area contributed by atoms with Crippen molar-refractivity contribution in [2.75, 3.05) is 13.2 Å². The standard InChI is InChI=1S/C14H19NO/c1-2-9-14(10-3-1)16-12-6-11-15-13-7-4-5-8-13/h1-5,9-10,13,15H,6-8,11-12H2. The third-order valence-electron chi connectivity index (χ3n) is 2.77. The summed E-state index contributed by atoms with van der Waals surface area (Å²) in [6.07, 6.45) is 7.92. The number of para-hydroxylation sites is 1. The van der Waals surface area contributed by atoms with Crippen molar-refractivity contribution in [3.05, 3.63) is 42.5 Å². The molecule has 2 nitrogen and oxygen atoms in total. The van der Waals surface area contributed by atoms with Gasteiger partial charge in [0.25, 0.3) is 0 Å². The quantitative estimate of drug-likeness (QED) is 0.584. The lowest BCUT2D eigenvalue weighted by Crippen LogP contribution is -2.28. The fourth-order valence-electron chi connectivity index (χ4n) is 1.87. The molecule has 1 aromatic carbocycles. The molecule has 0 heterocycles. The average molecular weight is 217 g/mol. The van der Waals surface area contributed by atoms with Crippen LogP contribution < -0.4 is 10.1 Å². The molecule has 0 saturated carbocycles. The molecular weight excluding hydrogens is 198 g/mol. The first kappa shape index (κ1) is 11.2. The molecule has 1 aliphatic rings. The van der Waals surface area contributed by atoms with Crippen LogP contribution in [0.5, 0.6) is 5.75 Å². The first-order valence-corrected chi connectivity index (χ1v) is 6.01. The highest BCUT2D eigenvalue weighted by molar-refractivity contribution is 5.20. The number of benzene rings is 1. The minimum Gasteiger partial charge on any atom is -0.494 e. The van der Waals surface area contributed by atoms with E-state index >= 15 is 0 Å². The summed E-state index contributed by atoms with van der Waals surface area (Å²) in [6, 6.07) is 10.6. The van der Waals surface area contributed by atoms with Gasteiger partial charge in [-0.25, -0.2) is 0 Å². The molecule has 2 heteroatoms. The molecule has 0 aromatic heterocycles. The maximum atomic E-state index is 5.62. The van der Waals surface area contributed by atoms with E-state index in [9.17, 15) is 0 Å². The molecule has 16 heavy (non-hydrogen) atoms. The molecule has 0 bridgehead atoms. The van der Waals surface area contributed by atoms with Gasteiger partial charge in [-0.1, -0.05) is 30.4 Å². The van der Waals surface area contributed by atoms with E-state index < -0.39 is 0 Å². The molecule has 0 spiro atoms. The van der Waals surface area contributed by atoms with Crippen LogP contribution in [0.15, 0.2) is 42.5 Å². The van der Waals surface area contributed by atoms with E-state index in [4.69, 9.17) is 4.74 Å². The number of nitrogens with one attached hydrogen (secondary N) is 1. The van der Waals surface area contributed by atoms with Crippen molar-refractivity contribution >= 4 is 0 Å². The van der Waals surface area contributed by atoms with E-state index in [2.05, 4.69) is 17.5 Å². The predicted molar refractivity (Wildman–Crippen MR) is 66.7 cm³/mol. The highest BCUT2D eigenvalue weighted by Gasteiger charge is 2.07. The Morgan fingerprint density at radius 2 is 1.88 bits per heavy atom. The Morgan fingerprint density at radius 3 is 2.62 bits per heavy atom. The van der Waals surface area contributed by atoms with Crippen LogP contribution in [0.25, 0.3) is 0 Å². The Bertz CT molecular complexity index is 313. The SMILES string of the molecule is C1=CCC(NCCCOc2ccccc2)C1. The Hall–Kier alpha value is -1.28. The lowest BCUT2D eigenvalue weighted by Gasteiger charge is -2.11. The zero-order chi connectivity index (χ0) is 11.1. The van der Waals surface area contributed by atoms with E-state index in [0.717, 1.165) is 25.3 Å². The van der Waals surface area contributed by atoms with Gasteiger partial charge in [-0.2, -0.15) is 0 Å². The number of hydrogen-bond donors (Lipinski definition) is 1. The Morgan fingerprint density at radius 1 is 1.12 bits per heavy atom. The van der Waals surface area contributed by atoms with Gasteiger partial charge in [0.2, 0.25) is 0 Å². The van der Waals surface area contributed by atoms with Gasteiger partial charge in [0.15, 0.2) is 0 Å². The Kier molecular flexibility index (Phi) is 4.44. The summed E-state index contributed by atoms with van der Waals surface area (Å²) in [5, 5.41) is 3.53. The molecule has 0 aliphatic heterocycles. The average Bonchev–Trinajstić information content (AvgIpc) is 2.83. The van der Waals surface area contributed by atoms with Gasteiger partial charge in [0, 0.05) is 6.04 Å². The molecule has 0 radical (unpaired) electrons. The van der Waals surface area contributed by atoms with Crippen LogP contribution in [0.2, 0.25) is 0 Å². The van der Waals surface area contributed by atoms with E-state index in [1.165, 1.54) is 12.8 Å². The summed E-state index contributed by atoms with van der Waals surface area (Å²) in [5.74, 6) is 0.963. The van der Waals surface area contributed by atoms with Crippen LogP contribution >= 0.6 is 0 Å².